The van der Waals surface area contributed by atoms with Crippen molar-refractivity contribution in [1.29, 1.82) is 5.26 Å². The summed E-state index contributed by atoms with van der Waals surface area (Å²) < 4.78 is 11.4. The number of ether oxygens (including phenoxy) is 2. The van der Waals surface area contributed by atoms with Crippen molar-refractivity contribution >= 4 is 27.9 Å². The van der Waals surface area contributed by atoms with Crippen molar-refractivity contribution in [2.45, 2.75) is 6.92 Å². The zero-order valence-electron chi connectivity index (χ0n) is 12.4. The first-order valence-corrected chi connectivity index (χ1v) is 7.07. The molecule has 1 amide bonds. The molecule has 0 atom stereocenters. The molecule has 0 aliphatic heterocycles. The van der Waals surface area contributed by atoms with Gasteiger partial charge in [-0.1, -0.05) is 15.9 Å². The topological polar surface area (TPSA) is 62.6 Å². The number of hydrogen-bond acceptors (Lipinski definition) is 4. The Bertz CT molecular complexity index is 604. The van der Waals surface area contributed by atoms with E-state index in [0.29, 0.717) is 28.1 Å². The number of likely N-dealkylation sites (N-methyl/N-ethyl adjacent to an activating group) is 1. The summed E-state index contributed by atoms with van der Waals surface area (Å²) in [6.45, 7) is 2.39. The molecule has 21 heavy (non-hydrogen) atoms. The predicted octanol–water partition coefficient (Wildman–Crippen LogP) is 2.85. The first-order chi connectivity index (χ1) is 9.94. The van der Waals surface area contributed by atoms with Crippen LogP contribution in [0.25, 0.3) is 6.08 Å². The Morgan fingerprint density at radius 1 is 1.43 bits per heavy atom. The second kappa shape index (κ2) is 7.70. The first kappa shape index (κ1) is 17.1. The first-order valence-electron chi connectivity index (χ1n) is 6.28. The standard InChI is InChI=1S/C15H17BrN2O3/c1-5-21-14-8-12(16)10(7-13(14)20-4)6-11(9-17)15(19)18(2)3/h6-8H,5H2,1-4H3/b11-6-. The van der Waals surface area contributed by atoms with Crippen LogP contribution in [0.3, 0.4) is 0 Å². The van der Waals surface area contributed by atoms with Crippen molar-refractivity contribution in [3.8, 4) is 17.6 Å². The lowest BCUT2D eigenvalue weighted by molar-refractivity contribution is -0.124. The molecule has 0 aliphatic rings. The summed E-state index contributed by atoms with van der Waals surface area (Å²) in [5, 5.41) is 9.13. The fourth-order valence-corrected chi connectivity index (χ4v) is 2.06. The van der Waals surface area contributed by atoms with Crippen LogP contribution in [0, 0.1) is 11.3 Å². The fourth-order valence-electron chi connectivity index (χ4n) is 1.63. The van der Waals surface area contributed by atoms with Gasteiger partial charge in [-0.25, -0.2) is 0 Å². The highest BCUT2D eigenvalue weighted by Gasteiger charge is 2.14. The van der Waals surface area contributed by atoms with Crippen molar-refractivity contribution in [2.75, 3.05) is 27.8 Å². The summed E-state index contributed by atoms with van der Waals surface area (Å²) in [7, 11) is 4.73. The van der Waals surface area contributed by atoms with Gasteiger partial charge in [0.25, 0.3) is 5.91 Å². The number of amides is 1. The summed E-state index contributed by atoms with van der Waals surface area (Å²) in [4.78, 5) is 13.2. The van der Waals surface area contributed by atoms with E-state index in [4.69, 9.17) is 14.7 Å². The normalized spacial score (nSPS) is 10.8. The van der Waals surface area contributed by atoms with Gasteiger partial charge in [-0.05, 0) is 30.7 Å². The lowest BCUT2D eigenvalue weighted by Gasteiger charge is -2.12. The van der Waals surface area contributed by atoms with Crippen molar-refractivity contribution in [3.05, 3.63) is 27.7 Å². The number of halogens is 1. The molecule has 1 aromatic rings. The SMILES string of the molecule is CCOc1cc(Br)c(/C=C(/C#N)C(=O)N(C)C)cc1OC. The van der Waals surface area contributed by atoms with E-state index in [1.54, 1.807) is 26.2 Å². The summed E-state index contributed by atoms with van der Waals surface area (Å²) in [5.74, 6) is 0.791. The maximum atomic E-state index is 11.9. The van der Waals surface area contributed by atoms with E-state index in [1.165, 1.54) is 18.1 Å². The second-order valence-corrected chi connectivity index (χ2v) is 5.18. The zero-order valence-corrected chi connectivity index (χ0v) is 14.0. The minimum atomic E-state index is -0.350. The van der Waals surface area contributed by atoms with Gasteiger partial charge in [0, 0.05) is 18.6 Å². The molecule has 112 valence electrons. The quantitative estimate of drug-likeness (QED) is 0.603. The van der Waals surface area contributed by atoms with Crippen LogP contribution in [0.5, 0.6) is 11.5 Å². The summed E-state index contributed by atoms with van der Waals surface area (Å²) in [6, 6.07) is 5.38. The van der Waals surface area contributed by atoms with Crippen molar-refractivity contribution in [3.63, 3.8) is 0 Å². The number of rotatable bonds is 5. The molecular weight excluding hydrogens is 336 g/mol. The minimum Gasteiger partial charge on any atom is -0.493 e. The van der Waals surface area contributed by atoms with Gasteiger partial charge in [-0.3, -0.25) is 4.79 Å². The lowest BCUT2D eigenvalue weighted by atomic mass is 10.1. The number of methoxy groups -OCH3 is 1. The van der Waals surface area contributed by atoms with Crippen LogP contribution in [-0.4, -0.2) is 38.6 Å². The molecule has 0 saturated heterocycles. The van der Waals surface area contributed by atoms with Gasteiger partial charge in [0.1, 0.15) is 11.6 Å². The second-order valence-electron chi connectivity index (χ2n) is 4.33. The number of benzene rings is 1. The average molecular weight is 353 g/mol. The molecule has 0 radical (unpaired) electrons. The van der Waals surface area contributed by atoms with Crippen molar-refractivity contribution < 1.29 is 14.3 Å². The van der Waals surface area contributed by atoms with Gasteiger partial charge in [0.15, 0.2) is 11.5 Å². The lowest BCUT2D eigenvalue weighted by Crippen LogP contribution is -2.22. The van der Waals surface area contributed by atoms with E-state index >= 15 is 0 Å². The van der Waals surface area contributed by atoms with Gasteiger partial charge in [0.2, 0.25) is 0 Å². The molecule has 5 nitrogen and oxygen atoms in total. The Hall–Kier alpha value is -2.00. The van der Waals surface area contributed by atoms with Crippen LogP contribution in [-0.2, 0) is 4.79 Å². The Kier molecular flexibility index (Phi) is 6.25. The molecule has 0 heterocycles. The maximum Gasteiger partial charge on any atom is 0.264 e. The fraction of sp³-hybridized carbons (Fsp3) is 0.333. The van der Waals surface area contributed by atoms with Crippen LogP contribution in [0.1, 0.15) is 12.5 Å². The molecule has 0 aromatic heterocycles. The van der Waals surface area contributed by atoms with Gasteiger partial charge < -0.3 is 14.4 Å². The highest BCUT2D eigenvalue weighted by molar-refractivity contribution is 9.10. The van der Waals surface area contributed by atoms with E-state index in [1.807, 2.05) is 13.0 Å². The molecule has 0 saturated carbocycles. The molecule has 0 unspecified atom stereocenters. The number of carbonyl (C=O) groups excluding carboxylic acids is 1. The Morgan fingerprint density at radius 2 is 2.10 bits per heavy atom. The average Bonchev–Trinajstić information content (AvgIpc) is 2.46. The van der Waals surface area contributed by atoms with E-state index in [2.05, 4.69) is 15.9 Å². The van der Waals surface area contributed by atoms with Gasteiger partial charge >= 0.3 is 0 Å². The summed E-state index contributed by atoms with van der Waals surface area (Å²) >= 11 is 3.41. The summed E-state index contributed by atoms with van der Waals surface area (Å²) in [6.07, 6.45) is 1.52. The Labute approximate surface area is 132 Å². The Balaban J connectivity index is 3.31. The molecule has 0 spiro atoms. The third-order valence-corrected chi connectivity index (χ3v) is 3.33. The van der Waals surface area contributed by atoms with E-state index in [0.717, 1.165) is 0 Å². The third kappa shape index (κ3) is 4.23. The molecule has 6 heteroatoms. The highest BCUT2D eigenvalue weighted by Crippen LogP contribution is 2.34. The van der Waals surface area contributed by atoms with Crippen LogP contribution >= 0.6 is 15.9 Å². The van der Waals surface area contributed by atoms with Crippen LogP contribution in [0.4, 0.5) is 0 Å². The molecule has 0 N–H and O–H groups in total. The van der Waals surface area contributed by atoms with Crippen molar-refractivity contribution in [1.82, 2.24) is 4.90 Å². The maximum absolute atomic E-state index is 11.9. The van der Waals surface area contributed by atoms with Gasteiger partial charge in [-0.2, -0.15) is 5.26 Å². The molecule has 0 bridgehead atoms. The van der Waals surface area contributed by atoms with E-state index in [-0.39, 0.29) is 11.5 Å². The molecule has 1 aromatic carbocycles. The van der Waals surface area contributed by atoms with Crippen molar-refractivity contribution in [2.24, 2.45) is 0 Å². The molecule has 1 rings (SSSR count). The largest absolute Gasteiger partial charge is 0.493 e. The number of hydrogen-bond donors (Lipinski definition) is 0. The van der Waals surface area contributed by atoms with Gasteiger partial charge in [-0.15, -0.1) is 0 Å². The number of nitrogens with zero attached hydrogens (tertiary/aromatic N) is 2. The van der Waals surface area contributed by atoms with Crippen LogP contribution < -0.4 is 9.47 Å². The van der Waals surface area contributed by atoms with Crippen LogP contribution in [0.2, 0.25) is 0 Å². The monoisotopic (exact) mass is 352 g/mol. The zero-order chi connectivity index (χ0) is 16.0. The predicted molar refractivity (Wildman–Crippen MR) is 84.1 cm³/mol. The molecular formula is C15H17BrN2O3. The molecule has 0 aliphatic carbocycles. The van der Waals surface area contributed by atoms with E-state index in [9.17, 15) is 4.79 Å². The van der Waals surface area contributed by atoms with Crippen LogP contribution in [0.15, 0.2) is 22.2 Å². The molecule has 0 fully saturated rings. The van der Waals surface area contributed by atoms with E-state index < -0.39 is 0 Å². The number of nitriles is 1. The van der Waals surface area contributed by atoms with Gasteiger partial charge in [0.05, 0.1) is 13.7 Å². The Morgan fingerprint density at radius 3 is 2.57 bits per heavy atom. The minimum absolute atomic E-state index is 0.0481. The third-order valence-electron chi connectivity index (χ3n) is 2.64. The highest BCUT2D eigenvalue weighted by atomic mass is 79.9. The smallest absolute Gasteiger partial charge is 0.264 e. The number of carbonyl (C=O) groups is 1. The summed E-state index contributed by atoms with van der Waals surface area (Å²) in [5.41, 5.74) is 0.717.